The van der Waals surface area contributed by atoms with E-state index in [1.165, 1.54) is 0 Å². The van der Waals surface area contributed by atoms with Crippen LogP contribution in [-0.4, -0.2) is 75.7 Å². The van der Waals surface area contributed by atoms with Gasteiger partial charge in [0.25, 0.3) is 0 Å². The van der Waals surface area contributed by atoms with Crippen molar-refractivity contribution < 1.29 is 19.4 Å². The summed E-state index contributed by atoms with van der Waals surface area (Å²) in [6, 6.07) is 0.0383. The summed E-state index contributed by atoms with van der Waals surface area (Å²) in [5, 5.41) is 15.9. The number of H-pyrrole nitrogens is 1. The van der Waals surface area contributed by atoms with E-state index in [4.69, 9.17) is 14.6 Å². The summed E-state index contributed by atoms with van der Waals surface area (Å²) < 4.78 is 11.6. The molecule has 140 valence electrons. The Kier molecular flexibility index (Phi) is 5.71. The molecule has 0 radical (unpaired) electrons. The van der Waals surface area contributed by atoms with E-state index in [2.05, 4.69) is 15.2 Å². The van der Waals surface area contributed by atoms with Crippen LogP contribution in [0.2, 0.25) is 0 Å². The van der Waals surface area contributed by atoms with Gasteiger partial charge in [-0.3, -0.25) is 9.89 Å². The first kappa shape index (κ1) is 18.3. The van der Waals surface area contributed by atoms with Crippen LogP contribution < -0.4 is 0 Å². The first-order valence-corrected chi connectivity index (χ1v) is 9.03. The summed E-state index contributed by atoms with van der Waals surface area (Å²) in [5.74, 6) is 1.56. The van der Waals surface area contributed by atoms with Crippen molar-refractivity contribution in [1.82, 2.24) is 20.1 Å². The molecule has 2 unspecified atom stereocenters. The van der Waals surface area contributed by atoms with E-state index in [1.807, 2.05) is 11.8 Å². The third kappa shape index (κ3) is 3.86. The first-order chi connectivity index (χ1) is 12.1. The van der Waals surface area contributed by atoms with E-state index in [-0.39, 0.29) is 30.3 Å². The van der Waals surface area contributed by atoms with Gasteiger partial charge in [0.1, 0.15) is 5.82 Å². The monoisotopic (exact) mass is 352 g/mol. The van der Waals surface area contributed by atoms with Crippen molar-refractivity contribution in [2.75, 3.05) is 26.9 Å². The van der Waals surface area contributed by atoms with E-state index < -0.39 is 0 Å². The number of amides is 1. The average Bonchev–Trinajstić information content (AvgIpc) is 3.21. The normalized spacial score (nSPS) is 29.0. The Hall–Kier alpha value is -1.51. The average molecular weight is 352 g/mol. The van der Waals surface area contributed by atoms with Crippen LogP contribution in [0, 0.1) is 6.92 Å². The number of aromatic amines is 1. The highest BCUT2D eigenvalue weighted by molar-refractivity contribution is 5.77. The maximum atomic E-state index is 12.8. The molecule has 0 spiro atoms. The smallest absolute Gasteiger partial charge is 0.223 e. The molecule has 3 rings (SSSR count). The Bertz CT molecular complexity index is 593. The molecule has 1 amide bonds. The predicted octanol–water partition coefficient (Wildman–Crippen LogP) is 0.593. The van der Waals surface area contributed by atoms with E-state index in [1.54, 1.807) is 7.11 Å². The van der Waals surface area contributed by atoms with Crippen LogP contribution in [0.1, 0.15) is 43.8 Å². The SMILES string of the molecule is CO[C@@]12CCC(OCCO)CC1N(C(=O)CCc1n[nH]c(C)n1)CC2. The van der Waals surface area contributed by atoms with Crippen molar-refractivity contribution in [3.63, 3.8) is 0 Å². The van der Waals surface area contributed by atoms with Crippen molar-refractivity contribution >= 4 is 5.91 Å². The van der Waals surface area contributed by atoms with Crippen LogP contribution in [0.15, 0.2) is 0 Å². The summed E-state index contributed by atoms with van der Waals surface area (Å²) in [6.45, 7) is 2.93. The predicted molar refractivity (Wildman–Crippen MR) is 90.0 cm³/mol. The number of fused-ring (bicyclic) bond motifs is 1. The van der Waals surface area contributed by atoms with Crippen LogP contribution in [0.25, 0.3) is 0 Å². The molecule has 0 bridgehead atoms. The molecule has 0 aromatic carbocycles. The van der Waals surface area contributed by atoms with Gasteiger partial charge in [-0.05, 0) is 32.6 Å². The van der Waals surface area contributed by atoms with E-state index in [9.17, 15) is 4.79 Å². The number of rotatable bonds is 7. The highest BCUT2D eigenvalue weighted by Crippen LogP contribution is 2.43. The minimum atomic E-state index is -0.254. The number of aliphatic hydroxyl groups excluding tert-OH is 1. The van der Waals surface area contributed by atoms with Gasteiger partial charge >= 0.3 is 0 Å². The second-order valence-electron chi connectivity index (χ2n) is 6.95. The number of carbonyl (C=O) groups is 1. The zero-order chi connectivity index (χ0) is 17.9. The number of carbonyl (C=O) groups excluding carboxylic acids is 1. The van der Waals surface area contributed by atoms with Crippen LogP contribution in [0.5, 0.6) is 0 Å². The maximum absolute atomic E-state index is 12.8. The van der Waals surface area contributed by atoms with Gasteiger partial charge in [0, 0.05) is 26.5 Å². The Morgan fingerprint density at radius 2 is 2.32 bits per heavy atom. The van der Waals surface area contributed by atoms with Crippen molar-refractivity contribution in [2.45, 2.75) is 63.2 Å². The Morgan fingerprint density at radius 3 is 3.00 bits per heavy atom. The summed E-state index contributed by atoms with van der Waals surface area (Å²) in [5.41, 5.74) is -0.254. The number of aryl methyl sites for hydroxylation is 2. The number of aliphatic hydroxyl groups is 1. The van der Waals surface area contributed by atoms with E-state index >= 15 is 0 Å². The summed E-state index contributed by atoms with van der Waals surface area (Å²) in [6.07, 6.45) is 4.43. The molecule has 8 nitrogen and oxygen atoms in total. The zero-order valence-corrected chi connectivity index (χ0v) is 15.0. The third-order valence-electron chi connectivity index (χ3n) is 5.51. The van der Waals surface area contributed by atoms with Gasteiger partial charge in [-0.25, -0.2) is 4.98 Å². The topological polar surface area (TPSA) is 101 Å². The van der Waals surface area contributed by atoms with Gasteiger partial charge in [0.15, 0.2) is 5.82 Å². The fraction of sp³-hybridized carbons (Fsp3) is 0.824. The number of aromatic nitrogens is 3. The Labute approximate surface area is 147 Å². The van der Waals surface area contributed by atoms with E-state index in [0.29, 0.717) is 25.3 Å². The Balaban J connectivity index is 1.63. The molecule has 2 N–H and O–H groups in total. The molecule has 1 aliphatic carbocycles. The number of hydrogen-bond donors (Lipinski definition) is 2. The fourth-order valence-corrected chi connectivity index (χ4v) is 4.19. The van der Waals surface area contributed by atoms with Crippen molar-refractivity contribution in [1.29, 1.82) is 0 Å². The molecule has 1 saturated carbocycles. The van der Waals surface area contributed by atoms with Crippen LogP contribution >= 0.6 is 0 Å². The Morgan fingerprint density at radius 1 is 1.48 bits per heavy atom. The third-order valence-corrected chi connectivity index (χ3v) is 5.51. The highest BCUT2D eigenvalue weighted by atomic mass is 16.5. The molecule has 3 atom stereocenters. The number of hydrogen-bond acceptors (Lipinski definition) is 6. The minimum Gasteiger partial charge on any atom is -0.394 e. The maximum Gasteiger partial charge on any atom is 0.223 e. The lowest BCUT2D eigenvalue weighted by Crippen LogP contribution is -2.53. The second-order valence-corrected chi connectivity index (χ2v) is 6.95. The number of nitrogens with one attached hydrogen (secondary N) is 1. The summed E-state index contributed by atoms with van der Waals surface area (Å²) in [4.78, 5) is 19.0. The van der Waals surface area contributed by atoms with Gasteiger partial charge in [-0.1, -0.05) is 0 Å². The van der Waals surface area contributed by atoms with Gasteiger partial charge in [-0.2, -0.15) is 5.10 Å². The molecule has 8 heteroatoms. The minimum absolute atomic E-state index is 0.0231. The lowest BCUT2D eigenvalue weighted by Gasteiger charge is -2.43. The van der Waals surface area contributed by atoms with Crippen LogP contribution in [0.4, 0.5) is 0 Å². The van der Waals surface area contributed by atoms with Crippen LogP contribution in [-0.2, 0) is 20.7 Å². The van der Waals surface area contributed by atoms with Crippen LogP contribution in [0.3, 0.4) is 0 Å². The first-order valence-electron chi connectivity index (χ1n) is 9.03. The summed E-state index contributed by atoms with van der Waals surface area (Å²) in [7, 11) is 1.74. The van der Waals surface area contributed by atoms with Crippen molar-refractivity contribution in [3.8, 4) is 0 Å². The van der Waals surface area contributed by atoms with Gasteiger partial charge in [0.05, 0.1) is 31.0 Å². The largest absolute Gasteiger partial charge is 0.394 e. The fourth-order valence-electron chi connectivity index (χ4n) is 4.19. The number of nitrogens with zero attached hydrogens (tertiary/aromatic N) is 3. The van der Waals surface area contributed by atoms with Crippen molar-refractivity contribution in [2.24, 2.45) is 0 Å². The highest BCUT2D eigenvalue weighted by Gasteiger charge is 2.52. The molecular weight excluding hydrogens is 324 g/mol. The van der Waals surface area contributed by atoms with E-state index in [0.717, 1.165) is 38.1 Å². The van der Waals surface area contributed by atoms with Gasteiger partial charge in [-0.15, -0.1) is 0 Å². The lowest BCUT2D eigenvalue weighted by atomic mass is 9.79. The number of likely N-dealkylation sites (tertiary alicyclic amines) is 1. The molecule has 2 fully saturated rings. The molecule has 2 heterocycles. The molecule has 1 saturated heterocycles. The number of methoxy groups -OCH3 is 1. The molecule has 1 aromatic heterocycles. The van der Waals surface area contributed by atoms with Gasteiger partial charge < -0.3 is 19.5 Å². The molecule has 1 aromatic rings. The molecule has 1 aliphatic heterocycles. The van der Waals surface area contributed by atoms with Gasteiger partial charge in [0.2, 0.25) is 5.91 Å². The lowest BCUT2D eigenvalue weighted by molar-refractivity contribution is -0.142. The van der Waals surface area contributed by atoms with Crippen molar-refractivity contribution in [3.05, 3.63) is 11.6 Å². The molecular formula is C17H28N4O4. The second kappa shape index (κ2) is 7.80. The quantitative estimate of drug-likeness (QED) is 0.745. The standard InChI is InChI=1S/C17H28N4O4/c1-12-18-15(20-19-12)3-4-16(23)21-8-7-17(24-2)6-5-13(11-14(17)21)25-10-9-22/h13-14,22H,3-11H2,1-2H3,(H,18,19,20)/t13?,14?,17-/m1/s1. The zero-order valence-electron chi connectivity index (χ0n) is 15.0. The molecule has 2 aliphatic rings. The number of ether oxygens (including phenoxy) is 2. The molecule has 25 heavy (non-hydrogen) atoms. The summed E-state index contributed by atoms with van der Waals surface area (Å²) >= 11 is 0.